The predicted octanol–water partition coefficient (Wildman–Crippen LogP) is 5.39. The normalized spacial score (nSPS) is 15.2. The van der Waals surface area contributed by atoms with Crippen LogP contribution in [-0.2, 0) is 121 Å². The first kappa shape index (κ1) is 111. The molecule has 5 atom stereocenters. The number of nitrogens with one attached hydrogen (secondary N) is 7. The van der Waals surface area contributed by atoms with Crippen LogP contribution in [0.25, 0.3) is 0 Å². The van der Waals surface area contributed by atoms with Crippen molar-refractivity contribution in [1.82, 2.24) is 56.8 Å². The van der Waals surface area contributed by atoms with E-state index in [-0.39, 0.29) is 142 Å². The van der Waals surface area contributed by atoms with Crippen LogP contribution in [0.4, 0.5) is 0 Å². The van der Waals surface area contributed by atoms with E-state index in [0.717, 1.165) is 11.1 Å². The molecule has 0 spiro atoms. The summed E-state index contributed by atoms with van der Waals surface area (Å²) in [6.45, 7) is 38.6. The highest BCUT2D eigenvalue weighted by Crippen LogP contribution is 2.21. The van der Waals surface area contributed by atoms with Gasteiger partial charge in [0.2, 0.25) is 41.4 Å². The molecule has 1 saturated heterocycles. The maximum Gasteiger partial charge on any atom is 0.323 e. The zero-order valence-electron chi connectivity index (χ0n) is 78.1. The Kier molecular flexibility index (Phi) is 48.5. The standard InChI is InChI=1S/C88H149N11O25/c1-60-29-31-61(32-30-60)26-25-28-68(101)92-62(27-23-24-42-89-67(100)37-36-66(81(115)124-88(20,21)22)99-51-49-97(57-75(109)122-86(14,15)16)47-45-96(56-74(108)121-85(11,12)13)46-48-98(50-52-99)58-76(110)123-87(17,18)19)77(111)91-44-53-116-54-55-117-59-69(102)93-64(34-39-72(106)119-83(5,6)7)79(113)95-65(35-40-73(107)120-84(8,9)10)80(114)94-63(78(112)90-43-41-70(103)104)33-38-71(105)118-82(2,3)4/h29-32,62-66H,23-28,33-59H2,1-22H3,(H,89,100)(H,90,112)(H,91,111)(H,92,101)(H,93,102)(H,94,114)(H,95,113)(H,103,104)/t62-,63+,64+,65+,66+/m0/s1. The molecule has 1 fully saturated rings. The van der Waals surface area contributed by atoms with E-state index in [9.17, 15) is 77.0 Å². The zero-order chi connectivity index (χ0) is 94.0. The number of carboxylic acid groups (broad SMARTS) is 1. The molecule has 124 heavy (non-hydrogen) atoms. The average molecular weight is 1760 g/mol. The van der Waals surface area contributed by atoms with Crippen molar-refractivity contribution in [3.8, 4) is 0 Å². The molecule has 1 heterocycles. The van der Waals surface area contributed by atoms with Crippen molar-refractivity contribution in [1.29, 1.82) is 0 Å². The Morgan fingerprint density at radius 3 is 1.14 bits per heavy atom. The quantitative estimate of drug-likeness (QED) is 0.0230. The SMILES string of the molecule is Cc1ccc(CCCC(=O)N[C@@H](CCCCNC(=O)CC[C@H](C(=O)OC(C)(C)C)N2CCN(CC(=O)OC(C)(C)C)CCN(CC(=O)OC(C)(C)C)CCN(CC(=O)OC(C)(C)C)CC2)C(=O)NCCOCCOCC(=O)N[C@H](CCC(=O)OC(C)(C)C)C(=O)N[C@H](CCC(=O)OC(C)(C)C)C(=O)N[C@H](CCC(=O)OC(C)(C)C)C(=O)NCCC(=O)O)cc1. The highest BCUT2D eigenvalue weighted by molar-refractivity contribution is 5.95. The minimum Gasteiger partial charge on any atom is -0.481 e. The van der Waals surface area contributed by atoms with E-state index in [0.29, 0.717) is 51.9 Å². The molecule has 0 aliphatic carbocycles. The lowest BCUT2D eigenvalue weighted by atomic mass is 10.1. The smallest absolute Gasteiger partial charge is 0.323 e. The molecule has 1 aliphatic heterocycles. The third-order valence-electron chi connectivity index (χ3n) is 17.7. The number of hydrogen-bond donors (Lipinski definition) is 8. The first-order valence-electron chi connectivity index (χ1n) is 43.2. The summed E-state index contributed by atoms with van der Waals surface area (Å²) in [5.41, 5.74) is -3.87. The van der Waals surface area contributed by atoms with E-state index < -0.39 is 179 Å². The van der Waals surface area contributed by atoms with E-state index >= 15 is 0 Å². The molecule has 7 amide bonds. The van der Waals surface area contributed by atoms with Gasteiger partial charge in [-0.05, 0) is 216 Å². The largest absolute Gasteiger partial charge is 0.481 e. The molecule has 36 nitrogen and oxygen atoms in total. The molecule has 0 aromatic heterocycles. The Balaban J connectivity index is 2.32. The number of amides is 7. The maximum atomic E-state index is 14.5. The van der Waals surface area contributed by atoms with Gasteiger partial charge in [-0.2, -0.15) is 0 Å². The number of rotatable bonds is 48. The number of benzene rings is 1. The van der Waals surface area contributed by atoms with Crippen LogP contribution >= 0.6 is 0 Å². The van der Waals surface area contributed by atoms with Crippen LogP contribution in [0.1, 0.15) is 246 Å². The van der Waals surface area contributed by atoms with Crippen LogP contribution in [0, 0.1) is 6.92 Å². The van der Waals surface area contributed by atoms with Gasteiger partial charge < -0.3 is 85.0 Å². The van der Waals surface area contributed by atoms with Gasteiger partial charge in [-0.15, -0.1) is 0 Å². The third-order valence-corrected chi connectivity index (χ3v) is 17.7. The monoisotopic (exact) mass is 1760 g/mol. The molecule has 1 aromatic carbocycles. The number of aryl methyl sites for hydroxylation is 2. The first-order valence-corrected chi connectivity index (χ1v) is 43.2. The van der Waals surface area contributed by atoms with Gasteiger partial charge in [-0.25, -0.2) is 0 Å². The van der Waals surface area contributed by atoms with Crippen molar-refractivity contribution in [3.63, 3.8) is 0 Å². The third kappa shape index (κ3) is 56.1. The lowest BCUT2D eigenvalue weighted by Gasteiger charge is -2.37. The summed E-state index contributed by atoms with van der Waals surface area (Å²) in [7, 11) is 0. The number of carbonyl (C=O) groups excluding carboxylic acids is 14. The van der Waals surface area contributed by atoms with Crippen molar-refractivity contribution in [3.05, 3.63) is 35.4 Å². The van der Waals surface area contributed by atoms with E-state index in [2.05, 4.69) is 37.2 Å². The topological polar surface area (TPSA) is 457 Å². The second-order valence-corrected chi connectivity index (χ2v) is 38.0. The van der Waals surface area contributed by atoms with Crippen LogP contribution in [0.2, 0.25) is 0 Å². The van der Waals surface area contributed by atoms with Gasteiger partial charge in [-0.3, -0.25) is 91.5 Å². The lowest BCUT2D eigenvalue weighted by molar-refractivity contribution is -0.163. The Bertz CT molecular complexity index is 3540. The summed E-state index contributed by atoms with van der Waals surface area (Å²) in [5.74, 6) is -10.3. The van der Waals surface area contributed by atoms with Crippen molar-refractivity contribution in [2.45, 2.75) is 318 Å². The summed E-state index contributed by atoms with van der Waals surface area (Å²) in [6, 6.07) is 1.37. The summed E-state index contributed by atoms with van der Waals surface area (Å²) >= 11 is 0. The number of hydrogen-bond acceptors (Lipinski definition) is 28. The van der Waals surface area contributed by atoms with Gasteiger partial charge in [0.15, 0.2) is 0 Å². The number of esters is 7. The molecule has 8 N–H and O–H groups in total. The summed E-state index contributed by atoms with van der Waals surface area (Å²) < 4.78 is 50.8. The van der Waals surface area contributed by atoms with Gasteiger partial charge in [0.05, 0.1) is 45.9 Å². The van der Waals surface area contributed by atoms with Crippen molar-refractivity contribution >= 4 is 89.1 Å². The van der Waals surface area contributed by atoms with E-state index in [1.807, 2.05) is 50.8 Å². The van der Waals surface area contributed by atoms with Gasteiger partial charge in [-0.1, -0.05) is 29.8 Å². The summed E-state index contributed by atoms with van der Waals surface area (Å²) in [6.07, 6.45) is -0.683. The Morgan fingerprint density at radius 2 is 0.718 bits per heavy atom. The van der Waals surface area contributed by atoms with Crippen LogP contribution in [0.5, 0.6) is 0 Å². The highest BCUT2D eigenvalue weighted by Gasteiger charge is 2.37. The molecule has 706 valence electrons. The molecule has 1 aromatic rings. The molecule has 0 unspecified atom stereocenters. The molecule has 2 rings (SSSR count). The maximum absolute atomic E-state index is 14.5. The molecule has 0 bridgehead atoms. The molecule has 1 aliphatic rings. The summed E-state index contributed by atoms with van der Waals surface area (Å²) in [4.78, 5) is 210. The number of carboxylic acids is 1. The fourth-order valence-corrected chi connectivity index (χ4v) is 12.3. The zero-order valence-corrected chi connectivity index (χ0v) is 78.1. The number of carbonyl (C=O) groups is 15. The minimum atomic E-state index is -1.61. The highest BCUT2D eigenvalue weighted by atomic mass is 16.6. The van der Waals surface area contributed by atoms with Crippen molar-refractivity contribution < 1.29 is 120 Å². The second kappa shape index (κ2) is 54.1. The number of nitrogens with zero attached hydrogens (tertiary/aromatic N) is 4. The van der Waals surface area contributed by atoms with Crippen LogP contribution in [0.3, 0.4) is 0 Å². The molecular weight excluding hydrogens is 1610 g/mol. The Hall–Kier alpha value is -8.97. The second-order valence-electron chi connectivity index (χ2n) is 38.0. The van der Waals surface area contributed by atoms with E-state index in [1.165, 1.54) is 0 Å². The van der Waals surface area contributed by atoms with Crippen LogP contribution < -0.4 is 37.2 Å². The fourth-order valence-electron chi connectivity index (χ4n) is 12.3. The summed E-state index contributed by atoms with van der Waals surface area (Å²) in [5, 5.41) is 27.8. The molecule has 36 heteroatoms. The average Bonchev–Trinajstić information content (AvgIpc) is 0.852. The number of unbranched alkanes of at least 4 members (excludes halogenated alkanes) is 1. The lowest BCUT2D eigenvalue weighted by Crippen LogP contribution is -2.57. The Morgan fingerprint density at radius 1 is 0.347 bits per heavy atom. The van der Waals surface area contributed by atoms with Gasteiger partial charge in [0.1, 0.15) is 76.0 Å². The van der Waals surface area contributed by atoms with Gasteiger partial charge in [0.25, 0.3) is 0 Å². The number of ether oxygens (including phenoxy) is 9. The fraction of sp³-hybridized carbons (Fsp3) is 0.761. The van der Waals surface area contributed by atoms with Crippen molar-refractivity contribution in [2.75, 3.05) is 118 Å². The van der Waals surface area contributed by atoms with E-state index in [1.54, 1.807) is 145 Å². The Labute approximate surface area is 733 Å². The molecular formula is C88H149N11O25. The van der Waals surface area contributed by atoms with E-state index in [4.69, 9.17) is 42.6 Å². The van der Waals surface area contributed by atoms with Crippen LogP contribution in [0.15, 0.2) is 24.3 Å². The predicted molar refractivity (Wildman–Crippen MR) is 461 cm³/mol. The van der Waals surface area contributed by atoms with Gasteiger partial charge >= 0.3 is 47.8 Å². The minimum absolute atomic E-state index is 0.0142. The van der Waals surface area contributed by atoms with Gasteiger partial charge in [0, 0.05) is 104 Å². The molecule has 0 saturated carbocycles. The van der Waals surface area contributed by atoms with Crippen molar-refractivity contribution in [2.24, 2.45) is 0 Å². The van der Waals surface area contributed by atoms with Crippen LogP contribution in [-0.4, -0.2) is 301 Å². The molecule has 0 radical (unpaired) electrons. The number of aliphatic carboxylic acids is 1. The first-order chi connectivity index (χ1) is 57.3.